The van der Waals surface area contributed by atoms with Crippen LogP contribution in [-0.4, -0.2) is 32.1 Å². The Balaban J connectivity index is 1.36. The van der Waals surface area contributed by atoms with Crippen LogP contribution in [0.3, 0.4) is 0 Å². The molecule has 1 aliphatic rings. The Morgan fingerprint density at radius 2 is 1.62 bits per heavy atom. The first kappa shape index (κ1) is 23.1. The largest absolute Gasteiger partial charge is 0.493 e. The second-order valence-corrected chi connectivity index (χ2v) is 10.5. The van der Waals surface area contributed by atoms with E-state index in [0.29, 0.717) is 37.6 Å². The molecule has 2 heterocycles. The molecular weight excluding hydrogens is 488 g/mol. The van der Waals surface area contributed by atoms with Gasteiger partial charge < -0.3 is 14.0 Å². The van der Waals surface area contributed by atoms with Gasteiger partial charge in [0, 0.05) is 17.2 Å². The number of ether oxygens (including phenoxy) is 2. The van der Waals surface area contributed by atoms with E-state index in [4.69, 9.17) is 9.47 Å². The average molecular weight is 513 g/mol. The predicted molar refractivity (Wildman–Crippen MR) is 142 cm³/mol. The van der Waals surface area contributed by atoms with Crippen molar-refractivity contribution in [2.45, 2.75) is 17.9 Å². The Hall–Kier alpha value is -4.30. The summed E-state index contributed by atoms with van der Waals surface area (Å²) in [5, 5.41) is 2.93. The summed E-state index contributed by atoms with van der Waals surface area (Å²) in [6.07, 6.45) is 0.407. The zero-order chi connectivity index (χ0) is 25.4. The number of hydrogen-bond donors (Lipinski definition) is 1. The van der Waals surface area contributed by atoms with E-state index in [-0.39, 0.29) is 4.90 Å². The smallest absolute Gasteiger partial charge is 0.281 e. The van der Waals surface area contributed by atoms with Gasteiger partial charge in [-0.3, -0.25) is 4.79 Å². The standard InChI is InChI=1S/C29H24N2O5S/c32-29(30-37(33,34)21-10-2-1-3-11-21)28-24(23-13-7-15-26-27(23)31(28)17-19-36-26)16-18-35-25-14-6-9-20-8-4-5-12-22(20)25/h1-15H,16-19H2,(H,30,32). The predicted octanol–water partition coefficient (Wildman–Crippen LogP) is 4.93. The molecule has 1 N–H and O–H groups in total. The topological polar surface area (TPSA) is 86.6 Å². The molecule has 4 aromatic carbocycles. The van der Waals surface area contributed by atoms with Crippen LogP contribution in [0.2, 0.25) is 0 Å². The molecule has 6 rings (SSSR count). The normalized spacial score (nSPS) is 12.9. The highest BCUT2D eigenvalue weighted by Gasteiger charge is 2.29. The summed E-state index contributed by atoms with van der Waals surface area (Å²) in [5.74, 6) is 0.755. The third-order valence-electron chi connectivity index (χ3n) is 6.58. The second-order valence-electron chi connectivity index (χ2n) is 8.80. The van der Waals surface area contributed by atoms with Gasteiger partial charge in [-0.05, 0) is 35.2 Å². The lowest BCUT2D eigenvalue weighted by Crippen LogP contribution is -2.33. The number of rotatable bonds is 7. The number of amides is 1. The summed E-state index contributed by atoms with van der Waals surface area (Å²) in [7, 11) is -4.04. The van der Waals surface area contributed by atoms with Gasteiger partial charge in [-0.25, -0.2) is 13.1 Å². The Bertz CT molecular complexity index is 1740. The van der Waals surface area contributed by atoms with E-state index in [0.717, 1.165) is 33.0 Å². The molecule has 0 saturated carbocycles. The van der Waals surface area contributed by atoms with Crippen molar-refractivity contribution in [2.24, 2.45) is 0 Å². The maximum Gasteiger partial charge on any atom is 0.281 e. The van der Waals surface area contributed by atoms with Crippen LogP contribution < -0.4 is 14.2 Å². The molecule has 1 aromatic heterocycles. The Labute approximate surface area is 214 Å². The summed E-state index contributed by atoms with van der Waals surface area (Å²) in [5.41, 5.74) is 1.83. The minimum absolute atomic E-state index is 0.0305. The molecule has 37 heavy (non-hydrogen) atoms. The third kappa shape index (κ3) is 4.19. The van der Waals surface area contributed by atoms with Gasteiger partial charge >= 0.3 is 0 Å². The number of fused-ring (bicyclic) bond motifs is 1. The van der Waals surface area contributed by atoms with E-state index >= 15 is 0 Å². The molecule has 186 valence electrons. The van der Waals surface area contributed by atoms with Crippen LogP contribution in [0.25, 0.3) is 21.7 Å². The number of carbonyl (C=O) groups is 1. The molecule has 0 aliphatic carbocycles. The lowest BCUT2D eigenvalue weighted by atomic mass is 10.1. The van der Waals surface area contributed by atoms with Crippen LogP contribution in [-0.2, 0) is 23.0 Å². The highest BCUT2D eigenvalue weighted by molar-refractivity contribution is 7.90. The van der Waals surface area contributed by atoms with Crippen molar-refractivity contribution >= 4 is 37.6 Å². The van der Waals surface area contributed by atoms with Crippen molar-refractivity contribution in [1.29, 1.82) is 0 Å². The van der Waals surface area contributed by atoms with E-state index < -0.39 is 15.9 Å². The van der Waals surface area contributed by atoms with E-state index in [2.05, 4.69) is 4.72 Å². The molecule has 0 spiro atoms. The van der Waals surface area contributed by atoms with Crippen LogP contribution >= 0.6 is 0 Å². The third-order valence-corrected chi connectivity index (χ3v) is 7.92. The number of nitrogens with zero attached hydrogens (tertiary/aromatic N) is 1. The van der Waals surface area contributed by atoms with Crippen molar-refractivity contribution < 1.29 is 22.7 Å². The van der Waals surface area contributed by atoms with E-state index in [1.165, 1.54) is 12.1 Å². The first-order valence-corrected chi connectivity index (χ1v) is 13.5. The fourth-order valence-corrected chi connectivity index (χ4v) is 5.93. The molecule has 7 nitrogen and oxygen atoms in total. The van der Waals surface area contributed by atoms with Crippen molar-refractivity contribution in [1.82, 2.24) is 9.29 Å². The molecule has 5 aromatic rings. The zero-order valence-electron chi connectivity index (χ0n) is 19.9. The first-order valence-electron chi connectivity index (χ1n) is 12.0. The maximum atomic E-state index is 13.6. The summed E-state index contributed by atoms with van der Waals surface area (Å²) in [4.78, 5) is 13.6. The summed E-state index contributed by atoms with van der Waals surface area (Å²) >= 11 is 0. The van der Waals surface area contributed by atoms with Gasteiger partial charge in [-0.1, -0.05) is 66.7 Å². The number of nitrogens with one attached hydrogen (secondary N) is 1. The van der Waals surface area contributed by atoms with Crippen LogP contribution in [0.1, 0.15) is 16.1 Å². The van der Waals surface area contributed by atoms with Gasteiger partial charge in [0.25, 0.3) is 15.9 Å². The van der Waals surface area contributed by atoms with Crippen molar-refractivity contribution in [3.05, 3.63) is 102 Å². The molecule has 1 amide bonds. The number of hydrogen-bond acceptors (Lipinski definition) is 5. The van der Waals surface area contributed by atoms with E-state index in [9.17, 15) is 13.2 Å². The Morgan fingerprint density at radius 3 is 2.49 bits per heavy atom. The first-order chi connectivity index (χ1) is 18.0. The monoisotopic (exact) mass is 512 g/mol. The van der Waals surface area contributed by atoms with Gasteiger partial charge in [0.1, 0.15) is 23.8 Å². The van der Waals surface area contributed by atoms with Crippen molar-refractivity contribution in [3.63, 3.8) is 0 Å². The number of para-hydroxylation sites is 1. The van der Waals surface area contributed by atoms with E-state index in [1.807, 2.05) is 65.2 Å². The quantitative estimate of drug-likeness (QED) is 0.334. The fraction of sp³-hybridized carbons (Fsp3) is 0.138. The van der Waals surface area contributed by atoms with Crippen LogP contribution in [0, 0.1) is 0 Å². The van der Waals surface area contributed by atoms with Crippen LogP contribution in [0.15, 0.2) is 95.9 Å². The van der Waals surface area contributed by atoms with Crippen LogP contribution in [0.4, 0.5) is 0 Å². The summed E-state index contributed by atoms with van der Waals surface area (Å²) in [6.45, 7) is 1.13. The van der Waals surface area contributed by atoms with Crippen molar-refractivity contribution in [3.8, 4) is 11.5 Å². The molecular formula is C29H24N2O5S. The average Bonchev–Trinajstić information content (AvgIpc) is 3.24. The molecule has 0 unspecified atom stereocenters. The molecule has 8 heteroatoms. The molecule has 0 bridgehead atoms. The minimum atomic E-state index is -4.04. The van der Waals surface area contributed by atoms with E-state index in [1.54, 1.807) is 18.2 Å². The SMILES string of the molecule is O=C(NS(=O)(=O)c1ccccc1)c1c(CCOc2cccc3ccccc23)c2cccc3c2n1CCO3. The molecule has 1 aliphatic heterocycles. The maximum absolute atomic E-state index is 13.6. The van der Waals surface area contributed by atoms with Gasteiger partial charge in [0.05, 0.1) is 23.6 Å². The number of aromatic nitrogens is 1. The Morgan fingerprint density at radius 1 is 0.892 bits per heavy atom. The zero-order valence-corrected chi connectivity index (χ0v) is 20.7. The second kappa shape index (κ2) is 9.29. The van der Waals surface area contributed by atoms with Gasteiger partial charge in [-0.15, -0.1) is 0 Å². The summed E-state index contributed by atoms with van der Waals surface area (Å²) in [6, 6.07) is 27.4. The van der Waals surface area contributed by atoms with Gasteiger partial charge in [0.2, 0.25) is 0 Å². The van der Waals surface area contributed by atoms with Gasteiger partial charge in [-0.2, -0.15) is 0 Å². The van der Waals surface area contributed by atoms with Crippen molar-refractivity contribution in [2.75, 3.05) is 13.2 Å². The summed E-state index contributed by atoms with van der Waals surface area (Å²) < 4.78 is 42.1. The molecule has 0 atom stereocenters. The molecule has 0 fully saturated rings. The molecule has 0 radical (unpaired) electrons. The highest BCUT2D eigenvalue weighted by atomic mass is 32.2. The highest BCUT2D eigenvalue weighted by Crippen LogP contribution is 2.36. The van der Waals surface area contributed by atoms with Crippen LogP contribution in [0.5, 0.6) is 11.5 Å². The fourth-order valence-electron chi connectivity index (χ4n) is 4.96. The lowest BCUT2D eigenvalue weighted by Gasteiger charge is -2.19. The molecule has 0 saturated heterocycles. The number of sulfonamides is 1. The lowest BCUT2D eigenvalue weighted by molar-refractivity contribution is 0.0970. The number of carbonyl (C=O) groups excluding carboxylic acids is 1. The number of benzene rings is 4. The Kier molecular flexibility index (Phi) is 5.81. The minimum Gasteiger partial charge on any atom is -0.493 e. The van der Waals surface area contributed by atoms with Gasteiger partial charge in [0.15, 0.2) is 0 Å².